The molecule has 2 heterocycles. The van der Waals surface area contributed by atoms with Crippen molar-refractivity contribution in [3.8, 4) is 0 Å². The molecule has 1 saturated heterocycles. The second kappa shape index (κ2) is 6.48. The SMILES string of the molecule is CN(C)[C@@H]1C[C@@H]2CN(C(=O)c3ncc[nH]3)C[C@@H]2C[C@H]1OCC1CC1. The van der Waals surface area contributed by atoms with Crippen LogP contribution in [0.1, 0.15) is 36.3 Å². The van der Waals surface area contributed by atoms with Crippen LogP contribution in [0.4, 0.5) is 0 Å². The summed E-state index contributed by atoms with van der Waals surface area (Å²) >= 11 is 0. The zero-order chi connectivity index (χ0) is 16.7. The number of aromatic amines is 1. The van der Waals surface area contributed by atoms with Crippen LogP contribution in [0.3, 0.4) is 0 Å². The molecule has 0 radical (unpaired) electrons. The number of H-pyrrole nitrogens is 1. The fourth-order valence-corrected chi connectivity index (χ4v) is 4.35. The van der Waals surface area contributed by atoms with Crippen LogP contribution in [-0.4, -0.2) is 71.6 Å². The van der Waals surface area contributed by atoms with Gasteiger partial charge in [0.25, 0.3) is 5.91 Å². The summed E-state index contributed by atoms with van der Waals surface area (Å²) in [6.07, 6.45) is 8.51. The topological polar surface area (TPSA) is 61.5 Å². The maximum Gasteiger partial charge on any atom is 0.289 e. The molecule has 3 aliphatic rings. The van der Waals surface area contributed by atoms with Crippen LogP contribution < -0.4 is 0 Å². The van der Waals surface area contributed by atoms with Gasteiger partial charge in [-0.25, -0.2) is 4.98 Å². The van der Waals surface area contributed by atoms with E-state index in [4.69, 9.17) is 4.74 Å². The Kier molecular flexibility index (Phi) is 4.35. The van der Waals surface area contributed by atoms with Crippen LogP contribution in [-0.2, 0) is 4.74 Å². The van der Waals surface area contributed by atoms with Crippen molar-refractivity contribution in [3.63, 3.8) is 0 Å². The van der Waals surface area contributed by atoms with Crippen molar-refractivity contribution in [3.05, 3.63) is 18.2 Å². The van der Waals surface area contributed by atoms with E-state index in [1.807, 2.05) is 4.90 Å². The molecule has 4 rings (SSSR count). The number of carbonyl (C=O) groups is 1. The summed E-state index contributed by atoms with van der Waals surface area (Å²) in [5.74, 6) is 2.43. The number of fused-ring (bicyclic) bond motifs is 1. The largest absolute Gasteiger partial charge is 0.376 e. The number of amides is 1. The number of hydrogen-bond acceptors (Lipinski definition) is 4. The Morgan fingerprint density at radius 2 is 2.08 bits per heavy atom. The highest BCUT2D eigenvalue weighted by molar-refractivity contribution is 5.90. The van der Waals surface area contributed by atoms with Gasteiger partial charge in [-0.05, 0) is 57.5 Å². The van der Waals surface area contributed by atoms with E-state index in [0.717, 1.165) is 38.5 Å². The van der Waals surface area contributed by atoms with Crippen molar-refractivity contribution in [1.29, 1.82) is 0 Å². The number of hydrogen-bond donors (Lipinski definition) is 1. The van der Waals surface area contributed by atoms with Gasteiger partial charge in [-0.2, -0.15) is 0 Å². The molecule has 6 nitrogen and oxygen atoms in total. The first-order chi connectivity index (χ1) is 11.6. The van der Waals surface area contributed by atoms with Crippen molar-refractivity contribution in [1.82, 2.24) is 19.8 Å². The van der Waals surface area contributed by atoms with E-state index in [1.165, 1.54) is 12.8 Å². The Hall–Kier alpha value is -1.40. The molecule has 2 aliphatic carbocycles. The fraction of sp³-hybridized carbons (Fsp3) is 0.778. The molecule has 24 heavy (non-hydrogen) atoms. The van der Waals surface area contributed by atoms with E-state index in [2.05, 4.69) is 29.0 Å². The molecule has 1 aromatic heterocycles. The van der Waals surface area contributed by atoms with Crippen LogP contribution in [0.15, 0.2) is 12.4 Å². The normalized spacial score (nSPS) is 33.0. The second-order valence-corrected chi connectivity index (χ2v) is 7.99. The standard InChI is InChI=1S/C18H28N4O2/c1-21(2)15-7-13-9-22(18(23)17-19-5-6-20-17)10-14(13)8-16(15)24-11-12-3-4-12/h5-6,12-16H,3-4,7-11H2,1-2H3,(H,19,20)/t13-,14+,15-,16-/m1/s1. The van der Waals surface area contributed by atoms with Crippen molar-refractivity contribution in [2.24, 2.45) is 17.8 Å². The van der Waals surface area contributed by atoms with E-state index >= 15 is 0 Å². The smallest absolute Gasteiger partial charge is 0.289 e. The van der Waals surface area contributed by atoms with E-state index in [1.54, 1.807) is 12.4 Å². The van der Waals surface area contributed by atoms with Crippen molar-refractivity contribution >= 4 is 5.91 Å². The predicted molar refractivity (Wildman–Crippen MR) is 90.6 cm³/mol. The van der Waals surface area contributed by atoms with Gasteiger partial charge in [0.1, 0.15) is 0 Å². The molecule has 0 unspecified atom stereocenters. The number of rotatable bonds is 5. The summed E-state index contributed by atoms with van der Waals surface area (Å²) in [7, 11) is 4.30. The zero-order valence-electron chi connectivity index (χ0n) is 14.6. The highest BCUT2D eigenvalue weighted by Gasteiger charge is 2.45. The Morgan fingerprint density at radius 1 is 1.33 bits per heavy atom. The quantitative estimate of drug-likeness (QED) is 0.890. The zero-order valence-corrected chi connectivity index (χ0v) is 14.6. The molecule has 1 aromatic rings. The highest BCUT2D eigenvalue weighted by Crippen LogP contribution is 2.40. The Balaban J connectivity index is 1.41. The van der Waals surface area contributed by atoms with E-state index in [9.17, 15) is 4.79 Å². The molecule has 2 saturated carbocycles. The third-order valence-corrected chi connectivity index (χ3v) is 5.98. The molecule has 3 fully saturated rings. The number of carbonyl (C=O) groups excluding carboxylic acids is 1. The van der Waals surface area contributed by atoms with Crippen LogP contribution >= 0.6 is 0 Å². The van der Waals surface area contributed by atoms with E-state index in [-0.39, 0.29) is 5.91 Å². The summed E-state index contributed by atoms with van der Waals surface area (Å²) < 4.78 is 6.29. The first-order valence-corrected chi connectivity index (χ1v) is 9.18. The summed E-state index contributed by atoms with van der Waals surface area (Å²) in [6, 6.07) is 0.462. The van der Waals surface area contributed by atoms with Gasteiger partial charge in [0.2, 0.25) is 0 Å². The summed E-state index contributed by atoms with van der Waals surface area (Å²) in [6.45, 7) is 2.61. The van der Waals surface area contributed by atoms with Crippen molar-refractivity contribution in [2.75, 3.05) is 33.8 Å². The molecule has 1 N–H and O–H groups in total. The molecule has 1 aliphatic heterocycles. The first kappa shape index (κ1) is 16.1. The molecule has 0 bridgehead atoms. The maximum atomic E-state index is 12.6. The first-order valence-electron chi connectivity index (χ1n) is 9.18. The van der Waals surface area contributed by atoms with E-state index < -0.39 is 0 Å². The highest BCUT2D eigenvalue weighted by atomic mass is 16.5. The van der Waals surface area contributed by atoms with Crippen LogP contribution in [0.2, 0.25) is 0 Å². The number of aromatic nitrogens is 2. The maximum absolute atomic E-state index is 12.6. The minimum atomic E-state index is 0.0336. The number of imidazole rings is 1. The van der Waals surface area contributed by atoms with Crippen LogP contribution in [0.5, 0.6) is 0 Å². The monoisotopic (exact) mass is 332 g/mol. The average Bonchev–Trinajstić information content (AvgIpc) is 3.08. The second-order valence-electron chi connectivity index (χ2n) is 7.99. The molecule has 4 atom stereocenters. The van der Waals surface area contributed by atoms with Crippen LogP contribution in [0.25, 0.3) is 0 Å². The molecular formula is C18H28N4O2. The number of likely N-dealkylation sites (tertiary alicyclic amines) is 1. The van der Waals surface area contributed by atoms with Gasteiger partial charge in [0.05, 0.1) is 6.10 Å². The van der Waals surface area contributed by atoms with Gasteiger partial charge in [-0.3, -0.25) is 4.79 Å². The molecule has 0 aromatic carbocycles. The van der Waals surface area contributed by atoms with Gasteiger partial charge in [-0.1, -0.05) is 0 Å². The lowest BCUT2D eigenvalue weighted by Crippen LogP contribution is -2.48. The fourth-order valence-electron chi connectivity index (χ4n) is 4.35. The number of nitrogens with zero attached hydrogens (tertiary/aromatic N) is 3. The summed E-state index contributed by atoms with van der Waals surface area (Å²) in [5, 5.41) is 0. The lowest BCUT2D eigenvalue weighted by atomic mass is 9.77. The molecule has 0 spiro atoms. The number of nitrogens with one attached hydrogen (secondary N) is 1. The third-order valence-electron chi connectivity index (χ3n) is 5.98. The lowest BCUT2D eigenvalue weighted by molar-refractivity contribution is -0.0493. The Bertz CT molecular complexity index is 570. The summed E-state index contributed by atoms with van der Waals surface area (Å²) in [5.41, 5.74) is 0. The van der Waals surface area contributed by atoms with Crippen molar-refractivity contribution in [2.45, 2.75) is 37.8 Å². The lowest BCUT2D eigenvalue weighted by Gasteiger charge is -2.41. The number of likely N-dealkylation sites (N-methyl/N-ethyl adjacent to an activating group) is 1. The average molecular weight is 332 g/mol. The van der Waals surface area contributed by atoms with Gasteiger partial charge in [0.15, 0.2) is 5.82 Å². The van der Waals surface area contributed by atoms with Gasteiger partial charge < -0.3 is 19.5 Å². The number of ether oxygens (including phenoxy) is 1. The Labute approximate surface area is 143 Å². The van der Waals surface area contributed by atoms with Crippen LogP contribution in [0, 0.1) is 17.8 Å². The minimum absolute atomic E-state index is 0.0336. The van der Waals surface area contributed by atoms with Gasteiger partial charge >= 0.3 is 0 Å². The molecular weight excluding hydrogens is 304 g/mol. The Morgan fingerprint density at radius 3 is 2.71 bits per heavy atom. The van der Waals surface area contributed by atoms with E-state index in [0.29, 0.717) is 29.8 Å². The van der Waals surface area contributed by atoms with Gasteiger partial charge in [-0.15, -0.1) is 0 Å². The third kappa shape index (κ3) is 3.22. The minimum Gasteiger partial charge on any atom is -0.376 e. The predicted octanol–water partition coefficient (Wildman–Crippen LogP) is 1.62. The summed E-state index contributed by atoms with van der Waals surface area (Å²) in [4.78, 5) is 23.9. The van der Waals surface area contributed by atoms with Crippen molar-refractivity contribution < 1.29 is 9.53 Å². The molecule has 132 valence electrons. The molecule has 1 amide bonds. The van der Waals surface area contributed by atoms with Gasteiger partial charge in [0, 0.05) is 38.1 Å². The molecule has 6 heteroatoms.